The number of ether oxygens (including phenoxy) is 2. The molecule has 0 unspecified atom stereocenters. The van der Waals surface area contributed by atoms with Crippen LogP contribution in [0.3, 0.4) is 0 Å². The fourth-order valence-electron chi connectivity index (χ4n) is 3.90. The molecule has 7 nitrogen and oxygen atoms in total. The van der Waals surface area contributed by atoms with Gasteiger partial charge in [0.05, 0.1) is 0 Å². The van der Waals surface area contributed by atoms with Crippen LogP contribution in [0.25, 0.3) is 0 Å². The van der Waals surface area contributed by atoms with E-state index in [9.17, 15) is 40.3 Å². The minimum absolute atomic E-state index is 0.0937. The van der Waals surface area contributed by atoms with Gasteiger partial charge >= 0.3 is 12.8 Å². The van der Waals surface area contributed by atoms with E-state index in [1.54, 1.807) is 0 Å². The third-order valence-corrected chi connectivity index (χ3v) is 5.85. The molecule has 35 heavy (non-hydrogen) atoms. The van der Waals surface area contributed by atoms with Gasteiger partial charge in [-0.25, -0.2) is 4.39 Å². The van der Waals surface area contributed by atoms with Crippen LogP contribution in [0.15, 0.2) is 30.5 Å². The molecule has 4 atom stereocenters. The lowest BCUT2D eigenvalue weighted by atomic mass is 9.77. The van der Waals surface area contributed by atoms with Gasteiger partial charge in [0.15, 0.2) is 17.2 Å². The van der Waals surface area contributed by atoms with E-state index in [4.69, 9.17) is 10.5 Å². The molecular formula is C21H18F7N3O4. The Hall–Kier alpha value is -3.42. The van der Waals surface area contributed by atoms with Crippen molar-refractivity contribution in [3.8, 4) is 5.75 Å². The molecule has 1 aliphatic rings. The quantitative estimate of drug-likeness (QED) is 0.570. The first kappa shape index (κ1) is 26.2. The normalized spacial score (nSPS) is 24.5. The number of hydrogen-bond donors (Lipinski definition) is 2. The van der Waals surface area contributed by atoms with E-state index in [1.807, 2.05) is 0 Å². The predicted molar refractivity (Wildman–Crippen MR) is 106 cm³/mol. The second-order valence-corrected chi connectivity index (χ2v) is 7.90. The van der Waals surface area contributed by atoms with E-state index < -0.39 is 71.1 Å². The Bertz CT molecular complexity index is 1140. The number of nitrogens with one attached hydrogen (secondary N) is 1. The average molecular weight is 509 g/mol. The maximum Gasteiger partial charge on any atom is 0.417 e. The van der Waals surface area contributed by atoms with Crippen LogP contribution in [0.5, 0.6) is 5.75 Å². The van der Waals surface area contributed by atoms with Gasteiger partial charge in [-0.3, -0.25) is 14.6 Å². The van der Waals surface area contributed by atoms with Gasteiger partial charge in [-0.05, 0) is 25.1 Å². The summed E-state index contributed by atoms with van der Waals surface area (Å²) < 4.78 is 105. The number of halogens is 7. The minimum Gasteiger partial charge on any atom is -0.431 e. The maximum absolute atomic E-state index is 14.4. The molecule has 2 amide bonds. The molecule has 14 heteroatoms. The zero-order valence-corrected chi connectivity index (χ0v) is 18.0. The summed E-state index contributed by atoms with van der Waals surface area (Å²) in [6.07, 6.45) is -5.97. The zero-order valence-electron chi connectivity index (χ0n) is 18.0. The number of primary amides is 1. The SMILES string of the molecule is C[C@@H]1[C@@H](c2ccc(F)c(F)c2OC(F)F)[C@H](C(=O)Nc2ccnc(C(N)=O)c2)O[C@@]1(C)C(F)(F)F. The van der Waals surface area contributed by atoms with E-state index >= 15 is 0 Å². The molecule has 1 fully saturated rings. The number of anilines is 1. The van der Waals surface area contributed by atoms with Crippen molar-refractivity contribution >= 4 is 17.5 Å². The summed E-state index contributed by atoms with van der Waals surface area (Å²) in [5.41, 5.74) is 1.14. The first-order chi connectivity index (χ1) is 16.2. The molecule has 0 saturated carbocycles. The summed E-state index contributed by atoms with van der Waals surface area (Å²) in [6, 6.07) is 3.50. The van der Waals surface area contributed by atoms with E-state index in [2.05, 4.69) is 15.0 Å². The van der Waals surface area contributed by atoms with Crippen LogP contribution in [0, 0.1) is 17.6 Å². The fraction of sp³-hybridized carbons (Fsp3) is 0.381. The van der Waals surface area contributed by atoms with E-state index in [0.29, 0.717) is 13.0 Å². The van der Waals surface area contributed by atoms with Crippen LogP contribution in [0.1, 0.15) is 35.8 Å². The molecule has 0 spiro atoms. The molecule has 0 aliphatic carbocycles. The van der Waals surface area contributed by atoms with Crippen LogP contribution < -0.4 is 15.8 Å². The number of benzene rings is 1. The number of nitrogens with two attached hydrogens (primary N) is 1. The van der Waals surface area contributed by atoms with Crippen molar-refractivity contribution in [1.82, 2.24) is 4.98 Å². The Balaban J connectivity index is 2.10. The number of aromatic nitrogens is 1. The molecule has 1 aromatic heterocycles. The highest BCUT2D eigenvalue weighted by Crippen LogP contribution is 2.55. The number of carbonyl (C=O) groups is 2. The van der Waals surface area contributed by atoms with Crippen LogP contribution >= 0.6 is 0 Å². The third-order valence-electron chi connectivity index (χ3n) is 5.85. The maximum atomic E-state index is 14.4. The number of hydrogen-bond acceptors (Lipinski definition) is 5. The van der Waals surface area contributed by atoms with Gasteiger partial charge in [0.1, 0.15) is 11.8 Å². The van der Waals surface area contributed by atoms with Crippen LogP contribution in [0.2, 0.25) is 0 Å². The lowest BCUT2D eigenvalue weighted by Gasteiger charge is -2.32. The van der Waals surface area contributed by atoms with Gasteiger partial charge in [-0.1, -0.05) is 13.0 Å². The Labute approximate surface area is 193 Å². The first-order valence-corrected chi connectivity index (χ1v) is 9.91. The molecule has 1 aliphatic heterocycles. The molecule has 2 heterocycles. The van der Waals surface area contributed by atoms with Gasteiger partial charge < -0.3 is 20.5 Å². The highest BCUT2D eigenvalue weighted by atomic mass is 19.4. The van der Waals surface area contributed by atoms with Crippen molar-refractivity contribution < 1.29 is 49.8 Å². The number of nitrogens with zero attached hydrogens (tertiary/aromatic N) is 1. The highest BCUT2D eigenvalue weighted by Gasteiger charge is 2.66. The lowest BCUT2D eigenvalue weighted by molar-refractivity contribution is -0.272. The second kappa shape index (κ2) is 9.32. The average Bonchev–Trinajstić information content (AvgIpc) is 3.04. The van der Waals surface area contributed by atoms with Gasteiger partial charge in [0.25, 0.3) is 11.8 Å². The molecule has 1 aromatic carbocycles. The largest absolute Gasteiger partial charge is 0.431 e. The fourth-order valence-corrected chi connectivity index (χ4v) is 3.90. The molecule has 0 radical (unpaired) electrons. The van der Waals surface area contributed by atoms with Gasteiger partial charge in [-0.2, -0.15) is 26.3 Å². The van der Waals surface area contributed by atoms with Crippen molar-refractivity contribution in [2.24, 2.45) is 11.7 Å². The van der Waals surface area contributed by atoms with E-state index in [1.165, 1.54) is 6.07 Å². The Morgan fingerprint density at radius 2 is 1.89 bits per heavy atom. The van der Waals surface area contributed by atoms with Crippen LogP contribution in [-0.4, -0.2) is 41.3 Å². The van der Waals surface area contributed by atoms with Crippen molar-refractivity contribution in [2.45, 2.75) is 44.3 Å². The van der Waals surface area contributed by atoms with Gasteiger partial charge in [0, 0.05) is 29.3 Å². The van der Waals surface area contributed by atoms with Crippen LogP contribution in [-0.2, 0) is 9.53 Å². The van der Waals surface area contributed by atoms with E-state index in [0.717, 1.165) is 25.3 Å². The van der Waals surface area contributed by atoms with Gasteiger partial charge in [-0.15, -0.1) is 0 Å². The molecule has 1 saturated heterocycles. The monoisotopic (exact) mass is 509 g/mol. The number of rotatable bonds is 6. The highest BCUT2D eigenvalue weighted by molar-refractivity contribution is 5.97. The Kier molecular flexibility index (Phi) is 6.97. The third kappa shape index (κ3) is 4.88. The molecule has 3 N–H and O–H groups in total. The smallest absolute Gasteiger partial charge is 0.417 e. The summed E-state index contributed by atoms with van der Waals surface area (Å²) in [7, 11) is 0. The number of carbonyl (C=O) groups excluding carboxylic acids is 2. The topological polar surface area (TPSA) is 104 Å². The predicted octanol–water partition coefficient (Wildman–Crippen LogP) is 4.14. The molecule has 3 rings (SSSR count). The lowest BCUT2D eigenvalue weighted by Crippen LogP contribution is -2.47. The summed E-state index contributed by atoms with van der Waals surface area (Å²) >= 11 is 0. The molecule has 0 bridgehead atoms. The number of alkyl halides is 5. The summed E-state index contributed by atoms with van der Waals surface area (Å²) in [6.45, 7) is -1.98. The number of pyridine rings is 1. The van der Waals surface area contributed by atoms with Crippen molar-refractivity contribution in [2.75, 3.05) is 5.32 Å². The van der Waals surface area contributed by atoms with Crippen LogP contribution in [0.4, 0.5) is 36.4 Å². The molecule has 190 valence electrons. The number of amides is 2. The minimum atomic E-state index is -5.04. The second-order valence-electron chi connectivity index (χ2n) is 7.90. The van der Waals surface area contributed by atoms with Gasteiger partial charge in [0.2, 0.25) is 5.82 Å². The molecule has 2 aromatic rings. The van der Waals surface area contributed by atoms with Crippen molar-refractivity contribution in [1.29, 1.82) is 0 Å². The Morgan fingerprint density at radius 1 is 1.23 bits per heavy atom. The molecular weight excluding hydrogens is 491 g/mol. The van der Waals surface area contributed by atoms with E-state index in [-0.39, 0.29) is 11.4 Å². The Morgan fingerprint density at radius 3 is 2.46 bits per heavy atom. The van der Waals surface area contributed by atoms with Crippen molar-refractivity contribution in [3.63, 3.8) is 0 Å². The summed E-state index contributed by atoms with van der Waals surface area (Å²) in [4.78, 5) is 28.0. The summed E-state index contributed by atoms with van der Waals surface area (Å²) in [5.74, 6) is -10.3. The zero-order chi connectivity index (χ0) is 26.3. The summed E-state index contributed by atoms with van der Waals surface area (Å²) in [5, 5.41) is 2.24. The van der Waals surface area contributed by atoms with Crippen molar-refractivity contribution in [3.05, 3.63) is 53.4 Å². The first-order valence-electron chi connectivity index (χ1n) is 9.91. The standard InChI is InChI=1S/C21H18F7N3O4/c1-8-13(10-3-4-11(22)14(23)15(10)34-19(24)25)16(35-20(8,2)21(26,27)28)18(33)31-9-5-6-30-12(7-9)17(29)32/h3-8,13,16,19H,1-2H3,(H2,29,32)(H,30,31,33)/t8-,13+,16-,20-/m1/s1.